The van der Waals surface area contributed by atoms with Crippen LogP contribution in [0.4, 0.5) is 0 Å². The molecule has 0 saturated carbocycles. The Balaban J connectivity index is 1.16. The molecule has 4 rings (SSSR count). The second-order valence-corrected chi connectivity index (χ2v) is 13.9. The molecule has 0 radical (unpaired) electrons. The fourth-order valence-corrected chi connectivity index (χ4v) is 6.16. The molecule has 0 aliphatic carbocycles. The molecule has 0 atom stereocenters. The lowest BCUT2D eigenvalue weighted by atomic mass is 9.87. The van der Waals surface area contributed by atoms with E-state index < -0.39 is 17.2 Å². The maximum Gasteiger partial charge on any atom is 0.333 e. The zero-order chi connectivity index (χ0) is 25.1. The monoisotopic (exact) mass is 520 g/mol. The van der Waals surface area contributed by atoms with E-state index >= 15 is 0 Å². The third-order valence-electron chi connectivity index (χ3n) is 6.22. The summed E-state index contributed by atoms with van der Waals surface area (Å²) in [6, 6.07) is 17.0. The van der Waals surface area contributed by atoms with Gasteiger partial charge in [0.05, 0.1) is 45.1 Å². The topological polar surface area (TPSA) is 55.4 Å². The first-order valence-electron chi connectivity index (χ1n) is 12.1. The lowest BCUT2D eigenvalue weighted by Crippen LogP contribution is -2.44. The van der Waals surface area contributed by atoms with Gasteiger partial charge >= 0.3 is 17.2 Å². The maximum absolute atomic E-state index is 5.90. The first-order valence-corrected chi connectivity index (χ1v) is 14.3. The standard InChI is InChI=1S/C27H38O6P2/c1-25(2,3)23-11-7-21(8-12-23)15-28-34-30-17-27(18-31-34)19-32-35(33-20-27)29-16-22-9-13-24(14-10-22)26(4,5)6/h7-14H,15-20H2,1-6H3. The Kier molecular flexibility index (Phi) is 8.68. The van der Waals surface area contributed by atoms with Gasteiger partial charge in [-0.2, -0.15) is 0 Å². The highest BCUT2D eigenvalue weighted by atomic mass is 31.2. The summed E-state index contributed by atoms with van der Waals surface area (Å²) in [6.07, 6.45) is 0. The van der Waals surface area contributed by atoms with Crippen molar-refractivity contribution in [3.8, 4) is 0 Å². The van der Waals surface area contributed by atoms with Crippen molar-refractivity contribution in [2.24, 2.45) is 5.41 Å². The van der Waals surface area contributed by atoms with E-state index in [0.29, 0.717) is 39.6 Å². The van der Waals surface area contributed by atoms with E-state index in [-0.39, 0.29) is 16.2 Å². The first kappa shape index (κ1) is 27.1. The number of rotatable bonds is 6. The van der Waals surface area contributed by atoms with Crippen molar-refractivity contribution in [2.75, 3.05) is 26.4 Å². The van der Waals surface area contributed by atoms with Crippen LogP contribution in [0.1, 0.15) is 63.8 Å². The van der Waals surface area contributed by atoms with Gasteiger partial charge in [0.25, 0.3) is 0 Å². The first-order chi connectivity index (χ1) is 16.5. The third-order valence-corrected chi connectivity index (χ3v) is 8.26. The minimum absolute atomic E-state index is 0.139. The SMILES string of the molecule is CC(C)(C)c1ccc(COP2OCC3(CO2)COP(OCc2ccc(C(C)(C)C)cc2)OC3)cc1. The molecule has 0 aromatic heterocycles. The second kappa shape index (κ2) is 11.2. The van der Waals surface area contributed by atoms with Crippen LogP contribution in [0.3, 0.4) is 0 Å². The molecule has 0 unspecified atom stereocenters. The molecule has 8 heteroatoms. The van der Waals surface area contributed by atoms with Crippen LogP contribution >= 0.6 is 17.2 Å². The summed E-state index contributed by atoms with van der Waals surface area (Å²) in [4.78, 5) is 0. The van der Waals surface area contributed by atoms with Crippen molar-refractivity contribution in [1.82, 2.24) is 0 Å². The molecule has 2 aromatic carbocycles. The van der Waals surface area contributed by atoms with Crippen molar-refractivity contribution >= 4 is 17.2 Å². The predicted molar refractivity (Wildman–Crippen MR) is 140 cm³/mol. The zero-order valence-corrected chi connectivity index (χ0v) is 23.5. The number of benzene rings is 2. The molecule has 2 aliphatic rings. The fourth-order valence-electron chi connectivity index (χ4n) is 3.69. The van der Waals surface area contributed by atoms with Gasteiger partial charge in [-0.15, -0.1) is 0 Å². The summed E-state index contributed by atoms with van der Waals surface area (Å²) in [5.41, 5.74) is 4.78. The average molecular weight is 521 g/mol. The van der Waals surface area contributed by atoms with Gasteiger partial charge in [0, 0.05) is 0 Å². The van der Waals surface area contributed by atoms with Crippen LogP contribution in [0, 0.1) is 5.41 Å². The summed E-state index contributed by atoms with van der Waals surface area (Å²) in [6.45, 7) is 16.1. The van der Waals surface area contributed by atoms with Crippen LogP contribution in [-0.2, 0) is 51.2 Å². The summed E-state index contributed by atoms with van der Waals surface area (Å²) >= 11 is 0. The van der Waals surface area contributed by atoms with Crippen LogP contribution in [-0.4, -0.2) is 26.4 Å². The maximum atomic E-state index is 5.90. The molecular weight excluding hydrogens is 482 g/mol. The molecule has 2 heterocycles. The summed E-state index contributed by atoms with van der Waals surface area (Å²) in [5.74, 6) is 0. The molecule has 0 bridgehead atoms. The van der Waals surface area contributed by atoms with Crippen molar-refractivity contribution in [3.05, 3.63) is 70.8 Å². The quantitative estimate of drug-likeness (QED) is 0.367. The van der Waals surface area contributed by atoms with Crippen molar-refractivity contribution in [1.29, 1.82) is 0 Å². The fraction of sp³-hybridized carbons (Fsp3) is 0.556. The van der Waals surface area contributed by atoms with Gasteiger partial charge in [0.15, 0.2) is 0 Å². The van der Waals surface area contributed by atoms with Crippen LogP contribution in [0.5, 0.6) is 0 Å². The molecule has 35 heavy (non-hydrogen) atoms. The molecule has 6 nitrogen and oxygen atoms in total. The summed E-state index contributed by atoms with van der Waals surface area (Å²) in [7, 11) is -2.75. The second-order valence-electron chi connectivity index (χ2n) is 11.5. The van der Waals surface area contributed by atoms with E-state index in [1.165, 1.54) is 11.1 Å². The molecular formula is C27H38O6P2. The van der Waals surface area contributed by atoms with Crippen LogP contribution in [0.2, 0.25) is 0 Å². The Morgan fingerprint density at radius 1 is 0.600 bits per heavy atom. The van der Waals surface area contributed by atoms with Crippen molar-refractivity contribution < 1.29 is 27.1 Å². The molecule has 2 fully saturated rings. The number of hydrogen-bond donors (Lipinski definition) is 0. The van der Waals surface area contributed by atoms with Gasteiger partial charge in [-0.3, -0.25) is 0 Å². The molecule has 192 valence electrons. The average Bonchev–Trinajstić information content (AvgIpc) is 2.83. The van der Waals surface area contributed by atoms with Crippen LogP contribution in [0.25, 0.3) is 0 Å². The van der Waals surface area contributed by atoms with Gasteiger partial charge in [0.2, 0.25) is 0 Å². The molecule has 2 aliphatic heterocycles. The van der Waals surface area contributed by atoms with E-state index in [4.69, 9.17) is 27.1 Å². The van der Waals surface area contributed by atoms with Crippen molar-refractivity contribution in [3.63, 3.8) is 0 Å². The Labute approximate surface area is 212 Å². The molecule has 0 N–H and O–H groups in total. The number of hydrogen-bond acceptors (Lipinski definition) is 6. The Morgan fingerprint density at radius 3 is 1.20 bits per heavy atom. The highest BCUT2D eigenvalue weighted by Gasteiger charge is 2.44. The minimum Gasteiger partial charge on any atom is -0.311 e. The molecule has 2 saturated heterocycles. The van der Waals surface area contributed by atoms with Crippen molar-refractivity contribution in [2.45, 2.75) is 65.6 Å². The Morgan fingerprint density at radius 2 is 0.914 bits per heavy atom. The largest absolute Gasteiger partial charge is 0.333 e. The molecule has 0 amide bonds. The van der Waals surface area contributed by atoms with E-state index in [1.54, 1.807) is 0 Å². The van der Waals surface area contributed by atoms with E-state index in [9.17, 15) is 0 Å². The van der Waals surface area contributed by atoms with E-state index in [2.05, 4.69) is 90.1 Å². The van der Waals surface area contributed by atoms with E-state index in [0.717, 1.165) is 11.1 Å². The normalized spacial score (nSPS) is 25.7. The summed E-state index contributed by atoms with van der Waals surface area (Å²) < 4.78 is 35.4. The molecule has 1 spiro atoms. The zero-order valence-electron chi connectivity index (χ0n) is 21.7. The van der Waals surface area contributed by atoms with Gasteiger partial charge in [-0.1, -0.05) is 90.1 Å². The third kappa shape index (κ3) is 7.53. The van der Waals surface area contributed by atoms with E-state index in [1.807, 2.05) is 0 Å². The lowest BCUT2D eigenvalue weighted by Gasteiger charge is -2.41. The molecule has 2 aromatic rings. The lowest BCUT2D eigenvalue weighted by molar-refractivity contribution is -0.0772. The predicted octanol–water partition coefficient (Wildman–Crippen LogP) is 7.55. The van der Waals surface area contributed by atoms with Crippen LogP contribution in [0.15, 0.2) is 48.5 Å². The Bertz CT molecular complexity index is 851. The summed E-state index contributed by atoms with van der Waals surface area (Å²) in [5, 5.41) is 0. The van der Waals surface area contributed by atoms with Gasteiger partial charge < -0.3 is 27.1 Å². The van der Waals surface area contributed by atoms with Gasteiger partial charge in [0.1, 0.15) is 0 Å². The minimum atomic E-state index is -1.37. The van der Waals surface area contributed by atoms with Crippen LogP contribution < -0.4 is 0 Å². The smallest absolute Gasteiger partial charge is 0.311 e. The van der Waals surface area contributed by atoms with Gasteiger partial charge in [-0.25, -0.2) is 0 Å². The highest BCUT2D eigenvalue weighted by Crippen LogP contribution is 2.53. The highest BCUT2D eigenvalue weighted by molar-refractivity contribution is 7.42. The Hall–Kier alpha value is -0.940. The van der Waals surface area contributed by atoms with Gasteiger partial charge in [-0.05, 0) is 33.1 Å².